The SMILES string of the molecule is N#C/C(=N\Nc1ccc2c(=O)n(Cc3ccccc3F)cnc2c1)C(=N)N. The van der Waals surface area contributed by atoms with Gasteiger partial charge in [0, 0.05) is 5.56 Å². The van der Waals surface area contributed by atoms with E-state index >= 15 is 0 Å². The lowest BCUT2D eigenvalue weighted by molar-refractivity contribution is 0.595. The number of hydrazone groups is 1. The van der Waals surface area contributed by atoms with Crippen LogP contribution in [0.4, 0.5) is 10.1 Å². The van der Waals surface area contributed by atoms with E-state index in [1.807, 2.05) is 0 Å². The zero-order chi connectivity index (χ0) is 19.4. The number of benzene rings is 2. The molecular formula is C18H14FN7O. The molecule has 0 amide bonds. The number of fused-ring (bicyclic) bond motifs is 1. The number of rotatable bonds is 5. The molecule has 0 radical (unpaired) electrons. The molecule has 0 atom stereocenters. The molecule has 1 heterocycles. The molecule has 0 saturated heterocycles. The van der Waals surface area contributed by atoms with Crippen molar-refractivity contribution in [3.8, 4) is 6.07 Å². The van der Waals surface area contributed by atoms with Crippen LogP contribution in [0.3, 0.4) is 0 Å². The quantitative estimate of drug-likeness (QED) is 0.361. The average molecular weight is 363 g/mol. The van der Waals surface area contributed by atoms with Gasteiger partial charge in [0.05, 0.1) is 29.5 Å². The summed E-state index contributed by atoms with van der Waals surface area (Å²) in [7, 11) is 0. The number of nitrogens with one attached hydrogen (secondary N) is 2. The van der Waals surface area contributed by atoms with Crippen LogP contribution in [-0.2, 0) is 6.54 Å². The number of nitrogens with zero attached hydrogens (tertiary/aromatic N) is 4. The highest BCUT2D eigenvalue weighted by atomic mass is 19.1. The van der Waals surface area contributed by atoms with Crippen LogP contribution in [0.5, 0.6) is 0 Å². The number of amidine groups is 1. The monoisotopic (exact) mass is 363 g/mol. The van der Waals surface area contributed by atoms with Gasteiger partial charge in [0.25, 0.3) is 5.56 Å². The van der Waals surface area contributed by atoms with Gasteiger partial charge >= 0.3 is 0 Å². The van der Waals surface area contributed by atoms with Crippen LogP contribution >= 0.6 is 0 Å². The van der Waals surface area contributed by atoms with Gasteiger partial charge in [0.15, 0.2) is 5.84 Å². The minimum Gasteiger partial charge on any atom is -0.382 e. The fourth-order valence-corrected chi connectivity index (χ4v) is 2.42. The molecule has 0 spiro atoms. The van der Waals surface area contributed by atoms with Crippen molar-refractivity contribution in [3.05, 3.63) is 70.5 Å². The topological polar surface area (TPSA) is 133 Å². The van der Waals surface area contributed by atoms with Crippen LogP contribution in [0.1, 0.15) is 5.56 Å². The van der Waals surface area contributed by atoms with Crippen molar-refractivity contribution >= 4 is 28.1 Å². The highest BCUT2D eigenvalue weighted by molar-refractivity contribution is 6.45. The molecule has 4 N–H and O–H groups in total. The summed E-state index contributed by atoms with van der Waals surface area (Å²) < 4.78 is 15.1. The Balaban J connectivity index is 1.92. The molecule has 27 heavy (non-hydrogen) atoms. The van der Waals surface area contributed by atoms with Gasteiger partial charge < -0.3 is 5.73 Å². The Labute approximate surface area is 152 Å². The van der Waals surface area contributed by atoms with Crippen molar-refractivity contribution in [3.63, 3.8) is 0 Å². The maximum absolute atomic E-state index is 13.8. The van der Waals surface area contributed by atoms with Crippen molar-refractivity contribution in [2.45, 2.75) is 6.54 Å². The second-order valence-corrected chi connectivity index (χ2v) is 5.60. The molecule has 0 aliphatic rings. The first-order valence-electron chi connectivity index (χ1n) is 7.80. The molecule has 0 fully saturated rings. The number of nitrogens with two attached hydrogens (primary N) is 1. The number of hydrogen-bond donors (Lipinski definition) is 3. The Hall–Kier alpha value is -4.06. The number of hydrogen-bond acceptors (Lipinski definition) is 6. The molecule has 134 valence electrons. The Morgan fingerprint density at radius 3 is 2.85 bits per heavy atom. The van der Waals surface area contributed by atoms with Gasteiger partial charge in [-0.25, -0.2) is 9.37 Å². The maximum atomic E-state index is 13.8. The second kappa shape index (κ2) is 7.45. The predicted octanol–water partition coefficient (Wildman–Crippen LogP) is 1.81. The van der Waals surface area contributed by atoms with Gasteiger partial charge in [-0.1, -0.05) is 18.2 Å². The lowest BCUT2D eigenvalue weighted by atomic mass is 10.2. The molecule has 0 unspecified atom stereocenters. The van der Waals surface area contributed by atoms with Crippen molar-refractivity contribution < 1.29 is 4.39 Å². The Morgan fingerprint density at radius 1 is 1.37 bits per heavy atom. The fraction of sp³-hybridized carbons (Fsp3) is 0.0556. The molecule has 3 rings (SSSR count). The second-order valence-electron chi connectivity index (χ2n) is 5.60. The Bertz CT molecular complexity index is 1160. The average Bonchev–Trinajstić information content (AvgIpc) is 2.66. The summed E-state index contributed by atoms with van der Waals surface area (Å²) in [5, 5.41) is 20.1. The normalized spacial score (nSPS) is 11.2. The smallest absolute Gasteiger partial charge is 0.261 e. The molecule has 0 aliphatic heterocycles. The molecule has 1 aromatic heterocycles. The molecular weight excluding hydrogens is 349 g/mol. The first-order valence-corrected chi connectivity index (χ1v) is 7.80. The van der Waals surface area contributed by atoms with E-state index in [0.717, 1.165) is 0 Å². The third-order valence-electron chi connectivity index (χ3n) is 3.78. The largest absolute Gasteiger partial charge is 0.382 e. The Kier molecular flexibility index (Phi) is 4.90. The van der Waals surface area contributed by atoms with E-state index in [2.05, 4.69) is 15.5 Å². The minimum atomic E-state index is -0.458. The van der Waals surface area contributed by atoms with Gasteiger partial charge in [0.2, 0.25) is 5.71 Å². The van der Waals surface area contributed by atoms with E-state index in [-0.39, 0.29) is 23.6 Å². The van der Waals surface area contributed by atoms with Crippen molar-refractivity contribution in [2.24, 2.45) is 10.8 Å². The standard InChI is InChI=1S/C18H14FN7O/c19-14-4-2-1-3-11(14)9-26-10-23-15-7-12(5-6-13(15)18(26)27)24-25-16(8-20)17(21)22/h1-7,10,24H,9H2,(H3,21,22)/b25-16+. The van der Waals surface area contributed by atoms with Crippen LogP contribution in [0.15, 0.2) is 58.7 Å². The summed E-state index contributed by atoms with van der Waals surface area (Å²) in [5.41, 5.74) is 8.52. The van der Waals surface area contributed by atoms with E-state index in [1.165, 1.54) is 17.0 Å². The first kappa shape index (κ1) is 17.8. The summed E-state index contributed by atoms with van der Waals surface area (Å²) in [6, 6.07) is 12.6. The molecule has 2 aromatic carbocycles. The molecule has 9 heteroatoms. The van der Waals surface area contributed by atoms with E-state index < -0.39 is 5.84 Å². The summed E-state index contributed by atoms with van der Waals surface area (Å²) in [6.07, 6.45) is 1.35. The highest BCUT2D eigenvalue weighted by Gasteiger charge is 2.08. The van der Waals surface area contributed by atoms with E-state index in [4.69, 9.17) is 16.4 Å². The maximum Gasteiger partial charge on any atom is 0.261 e. The van der Waals surface area contributed by atoms with E-state index in [1.54, 1.807) is 42.5 Å². The summed E-state index contributed by atoms with van der Waals surface area (Å²) >= 11 is 0. The van der Waals surface area contributed by atoms with Gasteiger partial charge in [-0.15, -0.1) is 0 Å². The number of anilines is 1. The lowest BCUT2D eigenvalue weighted by Crippen LogP contribution is -2.22. The van der Waals surface area contributed by atoms with Crippen LogP contribution in [0, 0.1) is 22.6 Å². The van der Waals surface area contributed by atoms with E-state index in [9.17, 15) is 9.18 Å². The van der Waals surface area contributed by atoms with Gasteiger partial charge in [-0.3, -0.25) is 20.2 Å². The van der Waals surface area contributed by atoms with Crippen LogP contribution in [0.2, 0.25) is 0 Å². The summed E-state index contributed by atoms with van der Waals surface area (Å²) in [6.45, 7) is 0.0723. The molecule has 8 nitrogen and oxygen atoms in total. The van der Waals surface area contributed by atoms with Crippen molar-refractivity contribution in [1.29, 1.82) is 10.7 Å². The fourth-order valence-electron chi connectivity index (χ4n) is 2.42. The predicted molar refractivity (Wildman–Crippen MR) is 100 cm³/mol. The molecule has 0 saturated carbocycles. The van der Waals surface area contributed by atoms with Crippen LogP contribution < -0.4 is 16.7 Å². The summed E-state index contributed by atoms with van der Waals surface area (Å²) in [4.78, 5) is 16.9. The van der Waals surface area contributed by atoms with E-state index in [0.29, 0.717) is 22.2 Å². The van der Waals surface area contributed by atoms with Gasteiger partial charge in [-0.2, -0.15) is 10.4 Å². The minimum absolute atomic E-state index is 0.0723. The van der Waals surface area contributed by atoms with Crippen LogP contribution in [-0.4, -0.2) is 21.1 Å². The van der Waals surface area contributed by atoms with Crippen molar-refractivity contribution in [1.82, 2.24) is 9.55 Å². The lowest BCUT2D eigenvalue weighted by Gasteiger charge is -2.08. The highest BCUT2D eigenvalue weighted by Crippen LogP contribution is 2.15. The van der Waals surface area contributed by atoms with Crippen LogP contribution in [0.25, 0.3) is 10.9 Å². The summed E-state index contributed by atoms with van der Waals surface area (Å²) in [5.74, 6) is -0.847. The van der Waals surface area contributed by atoms with Crippen molar-refractivity contribution in [2.75, 3.05) is 5.43 Å². The molecule has 3 aromatic rings. The number of halogens is 1. The first-order chi connectivity index (χ1) is 13.0. The van der Waals surface area contributed by atoms with Gasteiger partial charge in [-0.05, 0) is 24.3 Å². The third-order valence-corrected chi connectivity index (χ3v) is 3.78. The molecule has 0 aliphatic carbocycles. The number of nitriles is 1. The third kappa shape index (κ3) is 3.80. The number of aromatic nitrogens is 2. The molecule has 0 bridgehead atoms. The zero-order valence-corrected chi connectivity index (χ0v) is 14.0. The Morgan fingerprint density at radius 2 is 2.15 bits per heavy atom. The zero-order valence-electron chi connectivity index (χ0n) is 14.0. The van der Waals surface area contributed by atoms with Gasteiger partial charge in [0.1, 0.15) is 11.9 Å².